The van der Waals surface area contributed by atoms with Crippen molar-refractivity contribution in [3.63, 3.8) is 0 Å². The van der Waals surface area contributed by atoms with Gasteiger partial charge >= 0.3 is 5.97 Å². The van der Waals surface area contributed by atoms with Crippen LogP contribution in [0.2, 0.25) is 0 Å². The fourth-order valence-corrected chi connectivity index (χ4v) is 4.08. The quantitative estimate of drug-likeness (QED) is 0.475. The fraction of sp³-hybridized carbons (Fsp3) is 0.391. The Balaban J connectivity index is 1.36. The van der Waals surface area contributed by atoms with Crippen LogP contribution in [0.4, 0.5) is 0 Å². The Hall–Kier alpha value is -3.02. The van der Waals surface area contributed by atoms with Crippen molar-refractivity contribution in [2.24, 2.45) is 0 Å². The largest absolute Gasteiger partial charge is 0.457 e. The molecular weight excluding hydrogens is 366 g/mol. The maximum absolute atomic E-state index is 12.4. The van der Waals surface area contributed by atoms with Crippen molar-refractivity contribution >= 4 is 17.4 Å². The summed E-state index contributed by atoms with van der Waals surface area (Å²) in [6.45, 7) is 5.63. The molecule has 2 aromatic heterocycles. The van der Waals surface area contributed by atoms with E-state index in [9.17, 15) is 9.59 Å². The molecule has 6 nitrogen and oxygen atoms in total. The monoisotopic (exact) mass is 391 g/mol. The van der Waals surface area contributed by atoms with Crippen LogP contribution in [0.1, 0.15) is 57.0 Å². The second kappa shape index (κ2) is 7.78. The predicted octanol–water partition coefficient (Wildman–Crippen LogP) is 3.50. The number of hydrogen-bond donors (Lipinski definition) is 0. The van der Waals surface area contributed by atoms with Crippen LogP contribution in [0.25, 0.3) is 5.65 Å². The summed E-state index contributed by atoms with van der Waals surface area (Å²) in [5.74, 6) is -0.537. The number of Topliss-reactive ketones (excluding diaryl/α,β-unsaturated/α-hetero) is 1. The van der Waals surface area contributed by atoms with Crippen LogP contribution in [0.15, 0.2) is 24.3 Å². The first kappa shape index (κ1) is 19.3. The Kier molecular flexibility index (Phi) is 5.18. The highest BCUT2D eigenvalue weighted by Crippen LogP contribution is 2.23. The molecule has 0 saturated carbocycles. The summed E-state index contributed by atoms with van der Waals surface area (Å²) in [6, 6.07) is 7.73. The molecule has 0 saturated heterocycles. The number of fused-ring (bicyclic) bond motifs is 2. The van der Waals surface area contributed by atoms with E-state index in [0.717, 1.165) is 47.6 Å². The van der Waals surface area contributed by atoms with Crippen LogP contribution in [-0.2, 0) is 28.8 Å². The van der Waals surface area contributed by atoms with Gasteiger partial charge in [0.25, 0.3) is 0 Å². The molecule has 1 aliphatic rings. The van der Waals surface area contributed by atoms with Crippen molar-refractivity contribution in [3.8, 4) is 0 Å². The molecule has 0 aliphatic heterocycles. The van der Waals surface area contributed by atoms with Crippen molar-refractivity contribution in [3.05, 3.63) is 63.6 Å². The topological polar surface area (TPSA) is 73.6 Å². The summed E-state index contributed by atoms with van der Waals surface area (Å²) in [5, 5.41) is 4.45. The highest BCUT2D eigenvalue weighted by Gasteiger charge is 2.17. The normalized spacial score (nSPS) is 12.9. The van der Waals surface area contributed by atoms with E-state index >= 15 is 0 Å². The minimum atomic E-state index is -0.380. The second-order valence-electron chi connectivity index (χ2n) is 7.74. The number of hydrogen-bond acceptors (Lipinski definition) is 5. The number of aromatic nitrogens is 3. The lowest BCUT2D eigenvalue weighted by atomic mass is 10.0. The maximum atomic E-state index is 12.4. The standard InChI is InChI=1S/C23H25N3O3/c1-14-11-22-24-15(2)20(16(3)26(22)25-14)9-10-23(28)29-13-21(27)19-8-7-17-5-4-6-18(17)12-19/h7-8,11-12H,4-6,9-10,13H2,1-3H3. The van der Waals surface area contributed by atoms with E-state index in [1.807, 2.05) is 45.0 Å². The van der Waals surface area contributed by atoms with Crippen LogP contribution in [0, 0.1) is 20.8 Å². The lowest BCUT2D eigenvalue weighted by Crippen LogP contribution is -2.15. The number of rotatable bonds is 6. The Morgan fingerprint density at radius 3 is 2.72 bits per heavy atom. The number of esters is 1. The molecule has 3 aromatic rings. The predicted molar refractivity (Wildman–Crippen MR) is 109 cm³/mol. The van der Waals surface area contributed by atoms with E-state index in [2.05, 4.69) is 10.1 Å². The smallest absolute Gasteiger partial charge is 0.306 e. The van der Waals surface area contributed by atoms with Gasteiger partial charge in [-0.25, -0.2) is 9.50 Å². The maximum Gasteiger partial charge on any atom is 0.306 e. The summed E-state index contributed by atoms with van der Waals surface area (Å²) in [7, 11) is 0. The third-order valence-electron chi connectivity index (χ3n) is 5.65. The zero-order valence-electron chi connectivity index (χ0n) is 17.1. The van der Waals surface area contributed by atoms with Gasteiger partial charge in [0.05, 0.1) is 5.69 Å². The van der Waals surface area contributed by atoms with E-state index < -0.39 is 0 Å². The van der Waals surface area contributed by atoms with Gasteiger partial charge in [-0.3, -0.25) is 9.59 Å². The number of carbonyl (C=O) groups excluding carboxylic acids is 2. The Labute approximate surface area is 169 Å². The van der Waals surface area contributed by atoms with Crippen LogP contribution < -0.4 is 0 Å². The number of benzene rings is 1. The molecule has 1 aliphatic carbocycles. The van der Waals surface area contributed by atoms with Crippen LogP contribution in [0.3, 0.4) is 0 Å². The van der Waals surface area contributed by atoms with Crippen LogP contribution in [-0.4, -0.2) is 33.0 Å². The van der Waals surface area contributed by atoms with Gasteiger partial charge in [-0.05, 0) is 69.2 Å². The van der Waals surface area contributed by atoms with Crippen molar-refractivity contribution < 1.29 is 14.3 Å². The fourth-order valence-electron chi connectivity index (χ4n) is 4.08. The molecule has 0 amide bonds. The molecule has 0 radical (unpaired) electrons. The highest BCUT2D eigenvalue weighted by atomic mass is 16.5. The van der Waals surface area contributed by atoms with E-state index in [0.29, 0.717) is 12.0 Å². The molecule has 0 unspecified atom stereocenters. The SMILES string of the molecule is Cc1cc2nc(C)c(CCC(=O)OCC(=O)c3ccc4c(c3)CCC4)c(C)n2n1. The first-order valence-electron chi connectivity index (χ1n) is 10.1. The second-order valence-corrected chi connectivity index (χ2v) is 7.74. The Bertz CT molecular complexity index is 1110. The van der Waals surface area contributed by atoms with Gasteiger partial charge in [0.2, 0.25) is 0 Å². The van der Waals surface area contributed by atoms with Gasteiger partial charge in [-0.1, -0.05) is 12.1 Å². The molecule has 0 N–H and O–H groups in total. The molecule has 150 valence electrons. The first-order valence-corrected chi connectivity index (χ1v) is 10.1. The molecule has 0 spiro atoms. The highest BCUT2D eigenvalue weighted by molar-refractivity contribution is 5.98. The summed E-state index contributed by atoms with van der Waals surface area (Å²) in [6.07, 6.45) is 3.94. The average molecular weight is 391 g/mol. The molecule has 6 heteroatoms. The number of carbonyl (C=O) groups is 2. The minimum absolute atomic E-state index is 0.157. The third kappa shape index (κ3) is 3.92. The van der Waals surface area contributed by atoms with Gasteiger partial charge in [0.15, 0.2) is 18.0 Å². The lowest BCUT2D eigenvalue weighted by molar-refractivity contribution is -0.142. The summed E-state index contributed by atoms with van der Waals surface area (Å²) in [4.78, 5) is 29.2. The zero-order chi connectivity index (χ0) is 20.5. The lowest BCUT2D eigenvalue weighted by Gasteiger charge is -2.11. The first-order chi connectivity index (χ1) is 13.9. The van der Waals surface area contributed by atoms with Crippen molar-refractivity contribution in [1.29, 1.82) is 0 Å². The number of ketones is 1. The van der Waals surface area contributed by atoms with Crippen molar-refractivity contribution in [2.45, 2.75) is 52.9 Å². The molecule has 0 fully saturated rings. The number of ether oxygens (including phenoxy) is 1. The van der Waals surface area contributed by atoms with Gasteiger partial charge in [-0.2, -0.15) is 5.10 Å². The third-order valence-corrected chi connectivity index (χ3v) is 5.65. The Morgan fingerprint density at radius 2 is 1.90 bits per heavy atom. The average Bonchev–Trinajstić information content (AvgIpc) is 3.31. The summed E-state index contributed by atoms with van der Waals surface area (Å²) < 4.78 is 7.05. The van der Waals surface area contributed by atoms with E-state index in [1.165, 1.54) is 11.1 Å². The molecule has 0 atom stereocenters. The van der Waals surface area contributed by atoms with Gasteiger partial charge in [0.1, 0.15) is 0 Å². The molecular formula is C23H25N3O3. The summed E-state index contributed by atoms with van der Waals surface area (Å²) >= 11 is 0. The van der Waals surface area contributed by atoms with Gasteiger partial charge in [-0.15, -0.1) is 0 Å². The molecule has 2 heterocycles. The molecule has 1 aromatic carbocycles. The molecule has 4 rings (SSSR count). The Morgan fingerprint density at radius 1 is 1.10 bits per heavy atom. The number of aryl methyl sites for hydroxylation is 5. The van der Waals surface area contributed by atoms with Crippen LogP contribution >= 0.6 is 0 Å². The number of nitrogens with zero attached hydrogens (tertiary/aromatic N) is 3. The van der Waals surface area contributed by atoms with E-state index in [-0.39, 0.29) is 24.8 Å². The van der Waals surface area contributed by atoms with Gasteiger partial charge in [0, 0.05) is 29.4 Å². The molecule has 0 bridgehead atoms. The van der Waals surface area contributed by atoms with E-state index in [4.69, 9.17) is 4.74 Å². The van der Waals surface area contributed by atoms with Crippen molar-refractivity contribution in [1.82, 2.24) is 14.6 Å². The molecule has 29 heavy (non-hydrogen) atoms. The summed E-state index contributed by atoms with van der Waals surface area (Å²) in [5.41, 5.74) is 7.74. The minimum Gasteiger partial charge on any atom is -0.457 e. The van der Waals surface area contributed by atoms with E-state index in [1.54, 1.807) is 4.52 Å². The van der Waals surface area contributed by atoms with Crippen molar-refractivity contribution in [2.75, 3.05) is 6.61 Å². The van der Waals surface area contributed by atoms with Gasteiger partial charge < -0.3 is 4.74 Å². The zero-order valence-corrected chi connectivity index (χ0v) is 17.1. The van der Waals surface area contributed by atoms with Crippen LogP contribution in [0.5, 0.6) is 0 Å².